The summed E-state index contributed by atoms with van der Waals surface area (Å²) in [5.41, 5.74) is 2.75. The van der Waals surface area contributed by atoms with Crippen LogP contribution in [0.4, 0.5) is 0 Å². The van der Waals surface area contributed by atoms with Gasteiger partial charge in [0.1, 0.15) is 6.54 Å². The van der Waals surface area contributed by atoms with E-state index in [0.717, 1.165) is 6.61 Å². The minimum Gasteiger partial charge on any atom is -0.380 e. The molecule has 1 aromatic rings. The smallest absolute Gasteiger partial charge is 0.104 e. The summed E-state index contributed by atoms with van der Waals surface area (Å²) < 4.78 is 6.46. The molecule has 0 unspecified atom stereocenters. The molecule has 3 saturated heterocycles. The van der Waals surface area contributed by atoms with Crippen LogP contribution in [0.15, 0.2) is 24.3 Å². The number of fused-ring (bicyclic) bond motifs is 3. The van der Waals surface area contributed by atoms with Gasteiger partial charge in [-0.05, 0) is 5.56 Å². The first-order valence-corrected chi connectivity index (χ1v) is 6.94. The van der Waals surface area contributed by atoms with Crippen molar-refractivity contribution in [3.63, 3.8) is 0 Å². The third-order valence-electron chi connectivity index (χ3n) is 4.52. The van der Waals surface area contributed by atoms with Gasteiger partial charge >= 0.3 is 0 Å². The molecule has 0 amide bonds. The van der Waals surface area contributed by atoms with Crippen LogP contribution >= 0.6 is 0 Å². The Morgan fingerprint density at radius 1 is 1.00 bits per heavy atom. The molecule has 3 fully saturated rings. The van der Waals surface area contributed by atoms with Gasteiger partial charge in [-0.2, -0.15) is 0 Å². The van der Waals surface area contributed by atoms with Crippen molar-refractivity contribution in [2.75, 3.05) is 46.4 Å². The van der Waals surface area contributed by atoms with Crippen molar-refractivity contribution >= 4 is 0 Å². The van der Waals surface area contributed by atoms with Crippen molar-refractivity contribution in [2.24, 2.45) is 0 Å². The van der Waals surface area contributed by atoms with Crippen LogP contribution in [0.5, 0.6) is 0 Å². The number of ether oxygens (including phenoxy) is 1. The summed E-state index contributed by atoms with van der Waals surface area (Å²) >= 11 is 0. The summed E-state index contributed by atoms with van der Waals surface area (Å²) in [6.45, 7) is 9.81. The summed E-state index contributed by atoms with van der Waals surface area (Å²) in [4.78, 5) is 2.60. The van der Waals surface area contributed by atoms with Gasteiger partial charge in [0.2, 0.25) is 0 Å². The fraction of sp³-hybridized carbons (Fsp3) is 0.600. The number of nitrogens with zero attached hydrogens (tertiary/aromatic N) is 2. The molecule has 0 atom stereocenters. The Bertz CT molecular complexity index is 380. The number of rotatable bonds is 4. The van der Waals surface area contributed by atoms with Crippen LogP contribution in [0.3, 0.4) is 0 Å². The highest BCUT2D eigenvalue weighted by Crippen LogP contribution is 2.23. The zero-order chi connectivity index (χ0) is 12.4. The predicted octanol–water partition coefficient (Wildman–Crippen LogP) is 1.48. The van der Waals surface area contributed by atoms with E-state index in [1.807, 2.05) is 0 Å². The third-order valence-corrected chi connectivity index (χ3v) is 4.52. The van der Waals surface area contributed by atoms with Gasteiger partial charge in [-0.15, -0.1) is 0 Å². The van der Waals surface area contributed by atoms with Crippen LogP contribution in [-0.2, 0) is 17.9 Å². The quantitative estimate of drug-likeness (QED) is 0.747. The predicted molar refractivity (Wildman–Crippen MR) is 72.2 cm³/mol. The van der Waals surface area contributed by atoms with Gasteiger partial charge in [0, 0.05) is 32.3 Å². The van der Waals surface area contributed by atoms with Crippen LogP contribution in [-0.4, -0.2) is 55.8 Å². The van der Waals surface area contributed by atoms with E-state index in [1.165, 1.54) is 61.4 Å². The Labute approximate surface area is 110 Å². The molecule has 0 aromatic heterocycles. The number of piperazine rings is 3. The molecular formula is C15H23N2O+. The van der Waals surface area contributed by atoms with Crippen LogP contribution in [0.25, 0.3) is 0 Å². The van der Waals surface area contributed by atoms with E-state index in [1.54, 1.807) is 7.11 Å². The fourth-order valence-electron chi connectivity index (χ4n) is 3.26. The molecule has 4 rings (SSSR count). The van der Waals surface area contributed by atoms with Crippen molar-refractivity contribution in [3.05, 3.63) is 35.4 Å². The molecule has 0 saturated carbocycles. The van der Waals surface area contributed by atoms with Gasteiger partial charge in [-0.1, -0.05) is 24.3 Å². The number of benzene rings is 1. The van der Waals surface area contributed by atoms with E-state index in [9.17, 15) is 0 Å². The topological polar surface area (TPSA) is 12.5 Å². The first-order chi connectivity index (χ1) is 8.80. The second kappa shape index (κ2) is 5.00. The molecule has 0 spiro atoms. The SMILES string of the molecule is COCc1ccc(C[N+]23CCN(CC2)CC3)cc1. The van der Waals surface area contributed by atoms with E-state index < -0.39 is 0 Å². The molecule has 0 radical (unpaired) electrons. The molecule has 3 heterocycles. The Balaban J connectivity index is 1.68. The highest BCUT2D eigenvalue weighted by atomic mass is 16.5. The van der Waals surface area contributed by atoms with E-state index >= 15 is 0 Å². The Morgan fingerprint density at radius 2 is 1.56 bits per heavy atom. The Morgan fingerprint density at radius 3 is 2.11 bits per heavy atom. The van der Waals surface area contributed by atoms with Crippen molar-refractivity contribution in [2.45, 2.75) is 13.2 Å². The fourth-order valence-corrected chi connectivity index (χ4v) is 3.26. The summed E-state index contributed by atoms with van der Waals surface area (Å²) in [5.74, 6) is 0. The van der Waals surface area contributed by atoms with Gasteiger partial charge < -0.3 is 9.22 Å². The highest BCUT2D eigenvalue weighted by molar-refractivity contribution is 5.21. The molecule has 0 N–H and O–H groups in total. The highest BCUT2D eigenvalue weighted by Gasteiger charge is 2.38. The lowest BCUT2D eigenvalue weighted by atomic mass is 10.1. The molecule has 3 aliphatic heterocycles. The lowest BCUT2D eigenvalue weighted by molar-refractivity contribution is -0.953. The minimum absolute atomic E-state index is 0.717. The maximum absolute atomic E-state index is 5.16. The summed E-state index contributed by atoms with van der Waals surface area (Å²) in [6, 6.07) is 8.97. The molecule has 0 aliphatic carbocycles. The maximum Gasteiger partial charge on any atom is 0.104 e. The summed E-state index contributed by atoms with van der Waals surface area (Å²) in [5, 5.41) is 0. The summed E-state index contributed by atoms with van der Waals surface area (Å²) in [6.07, 6.45) is 0. The minimum atomic E-state index is 0.717. The molecule has 3 nitrogen and oxygen atoms in total. The van der Waals surface area contributed by atoms with Crippen molar-refractivity contribution < 1.29 is 9.22 Å². The van der Waals surface area contributed by atoms with Gasteiger partial charge in [0.25, 0.3) is 0 Å². The van der Waals surface area contributed by atoms with Crippen LogP contribution in [0, 0.1) is 0 Å². The second-order valence-electron chi connectivity index (χ2n) is 5.76. The molecule has 18 heavy (non-hydrogen) atoms. The zero-order valence-electron chi connectivity index (χ0n) is 11.3. The number of hydrogen-bond acceptors (Lipinski definition) is 2. The van der Waals surface area contributed by atoms with E-state index in [-0.39, 0.29) is 0 Å². The van der Waals surface area contributed by atoms with Gasteiger partial charge in [0.05, 0.1) is 26.2 Å². The van der Waals surface area contributed by atoms with E-state index in [0.29, 0.717) is 0 Å². The average molecular weight is 247 g/mol. The Kier molecular flexibility index (Phi) is 3.37. The van der Waals surface area contributed by atoms with Crippen molar-refractivity contribution in [1.82, 2.24) is 4.90 Å². The van der Waals surface area contributed by atoms with E-state index in [2.05, 4.69) is 29.2 Å². The monoisotopic (exact) mass is 247 g/mol. The largest absolute Gasteiger partial charge is 0.380 e. The molecule has 1 aromatic carbocycles. The first-order valence-electron chi connectivity index (χ1n) is 6.94. The standard InChI is InChI=1S/C15H23N2O/c1-18-13-15-4-2-14(3-5-15)12-17-9-6-16(7-10-17)8-11-17/h2-5H,6-13H2,1H3/q+1. The lowest BCUT2D eigenvalue weighted by Crippen LogP contribution is -2.66. The third kappa shape index (κ3) is 2.44. The number of methoxy groups -OCH3 is 1. The number of hydrogen-bond donors (Lipinski definition) is 0. The maximum atomic E-state index is 5.16. The number of quaternary nitrogens is 1. The lowest BCUT2D eigenvalue weighted by Gasteiger charge is -2.50. The van der Waals surface area contributed by atoms with Gasteiger partial charge in [0.15, 0.2) is 0 Å². The Hall–Kier alpha value is -0.900. The van der Waals surface area contributed by atoms with Crippen LogP contribution < -0.4 is 0 Å². The average Bonchev–Trinajstić information content (AvgIpc) is 2.43. The molecular weight excluding hydrogens is 224 g/mol. The molecule has 3 heteroatoms. The zero-order valence-corrected chi connectivity index (χ0v) is 11.3. The normalized spacial score (nSPS) is 30.6. The van der Waals surface area contributed by atoms with Gasteiger partial charge in [-0.3, -0.25) is 4.90 Å². The molecule has 3 aliphatic rings. The molecule has 2 bridgehead atoms. The van der Waals surface area contributed by atoms with Crippen LogP contribution in [0.1, 0.15) is 11.1 Å². The van der Waals surface area contributed by atoms with Gasteiger partial charge in [-0.25, -0.2) is 0 Å². The van der Waals surface area contributed by atoms with Crippen molar-refractivity contribution in [1.29, 1.82) is 0 Å². The van der Waals surface area contributed by atoms with E-state index in [4.69, 9.17) is 4.74 Å². The first kappa shape index (κ1) is 12.2. The summed E-state index contributed by atoms with van der Waals surface area (Å²) in [7, 11) is 1.75. The second-order valence-corrected chi connectivity index (χ2v) is 5.76. The molecule has 98 valence electrons. The van der Waals surface area contributed by atoms with Crippen molar-refractivity contribution in [3.8, 4) is 0 Å². The van der Waals surface area contributed by atoms with Crippen LogP contribution in [0.2, 0.25) is 0 Å².